The molecule has 1 N–H and O–H groups in total. The fraction of sp³-hybridized carbons (Fsp3) is 0.583. The number of aryl methyl sites for hydroxylation is 1. The van der Waals surface area contributed by atoms with Crippen LogP contribution in [0.1, 0.15) is 75.3 Å². The number of aliphatic hydroxyl groups is 1. The van der Waals surface area contributed by atoms with Crippen molar-refractivity contribution in [1.29, 1.82) is 0 Å². The SMILES string of the molecule is Cc1cc(CC2(O)CCC3(CCC(c4ccc(OC(C)C)cc4)C3=O)CC2)no1. The second kappa shape index (κ2) is 7.60. The molecule has 0 radical (unpaired) electrons. The van der Waals surface area contributed by atoms with E-state index < -0.39 is 5.60 Å². The average Bonchev–Trinajstić information content (AvgIpc) is 3.22. The van der Waals surface area contributed by atoms with Gasteiger partial charge in [0.15, 0.2) is 0 Å². The Labute approximate surface area is 172 Å². The number of rotatable bonds is 5. The molecule has 5 nitrogen and oxygen atoms in total. The number of ether oxygens (including phenoxy) is 1. The van der Waals surface area contributed by atoms with E-state index >= 15 is 0 Å². The van der Waals surface area contributed by atoms with Gasteiger partial charge in [0.1, 0.15) is 17.3 Å². The Morgan fingerprint density at radius 1 is 1.17 bits per heavy atom. The number of carbonyl (C=O) groups is 1. The first-order chi connectivity index (χ1) is 13.8. The van der Waals surface area contributed by atoms with Gasteiger partial charge in [0.05, 0.1) is 17.4 Å². The summed E-state index contributed by atoms with van der Waals surface area (Å²) in [5.74, 6) is 1.92. The highest BCUT2D eigenvalue weighted by molar-refractivity contribution is 5.93. The minimum absolute atomic E-state index is 0.0347. The van der Waals surface area contributed by atoms with Crippen molar-refractivity contribution < 1.29 is 19.2 Å². The molecule has 2 aliphatic carbocycles. The smallest absolute Gasteiger partial charge is 0.146 e. The van der Waals surface area contributed by atoms with Crippen LogP contribution in [0.3, 0.4) is 0 Å². The van der Waals surface area contributed by atoms with Crippen LogP contribution >= 0.6 is 0 Å². The van der Waals surface area contributed by atoms with Crippen molar-refractivity contribution in [3.8, 4) is 5.75 Å². The first kappa shape index (κ1) is 20.1. The standard InChI is InChI=1S/C24H31NO4/c1-16(2)28-20-6-4-18(5-7-20)21-8-9-23(22(21)26)10-12-24(27,13-11-23)15-19-14-17(3)29-25-19/h4-7,14,16,21,27H,8-13,15H2,1-3H3. The molecular weight excluding hydrogens is 366 g/mol. The molecule has 5 heteroatoms. The lowest BCUT2D eigenvalue weighted by atomic mass is 9.65. The fourth-order valence-corrected chi connectivity index (χ4v) is 5.12. The van der Waals surface area contributed by atoms with Crippen LogP contribution in [0, 0.1) is 12.3 Å². The van der Waals surface area contributed by atoms with Crippen molar-refractivity contribution in [3.63, 3.8) is 0 Å². The summed E-state index contributed by atoms with van der Waals surface area (Å²) in [5, 5.41) is 15.1. The van der Waals surface area contributed by atoms with Crippen LogP contribution in [0.4, 0.5) is 0 Å². The van der Waals surface area contributed by atoms with Gasteiger partial charge < -0.3 is 14.4 Å². The average molecular weight is 398 g/mol. The van der Waals surface area contributed by atoms with Gasteiger partial charge in [-0.25, -0.2) is 0 Å². The predicted octanol–water partition coefficient (Wildman–Crippen LogP) is 4.75. The van der Waals surface area contributed by atoms with Crippen molar-refractivity contribution in [2.24, 2.45) is 5.41 Å². The quantitative estimate of drug-likeness (QED) is 0.788. The molecule has 1 heterocycles. The van der Waals surface area contributed by atoms with Crippen molar-refractivity contribution >= 4 is 5.78 Å². The summed E-state index contributed by atoms with van der Waals surface area (Å²) in [4.78, 5) is 13.4. The second-order valence-corrected chi connectivity index (χ2v) is 9.30. The van der Waals surface area contributed by atoms with E-state index in [2.05, 4.69) is 5.16 Å². The Morgan fingerprint density at radius 2 is 1.86 bits per heavy atom. The number of Topliss-reactive ketones (excluding diaryl/α,β-unsaturated/α-hetero) is 1. The van der Waals surface area contributed by atoms with E-state index in [1.54, 1.807) is 0 Å². The summed E-state index contributed by atoms with van der Waals surface area (Å²) >= 11 is 0. The first-order valence-corrected chi connectivity index (χ1v) is 10.7. The molecule has 1 atom stereocenters. The summed E-state index contributed by atoms with van der Waals surface area (Å²) in [6.45, 7) is 5.87. The van der Waals surface area contributed by atoms with Gasteiger partial charge in [-0.1, -0.05) is 17.3 Å². The highest BCUT2D eigenvalue weighted by atomic mass is 16.5. The van der Waals surface area contributed by atoms with Crippen molar-refractivity contribution in [2.75, 3.05) is 0 Å². The molecule has 156 valence electrons. The van der Waals surface area contributed by atoms with Crippen molar-refractivity contribution in [3.05, 3.63) is 47.3 Å². The minimum Gasteiger partial charge on any atom is -0.491 e. The van der Waals surface area contributed by atoms with E-state index in [9.17, 15) is 9.90 Å². The van der Waals surface area contributed by atoms with Gasteiger partial charge in [0.25, 0.3) is 0 Å². The minimum atomic E-state index is -0.789. The maximum absolute atomic E-state index is 13.4. The third kappa shape index (κ3) is 4.11. The Kier molecular flexibility index (Phi) is 5.28. The molecule has 2 saturated carbocycles. The number of carbonyl (C=O) groups excluding carboxylic acids is 1. The van der Waals surface area contributed by atoms with E-state index in [4.69, 9.17) is 9.26 Å². The molecule has 4 rings (SSSR count). The van der Waals surface area contributed by atoms with Gasteiger partial charge in [-0.3, -0.25) is 4.79 Å². The maximum atomic E-state index is 13.4. The second-order valence-electron chi connectivity index (χ2n) is 9.30. The van der Waals surface area contributed by atoms with E-state index in [1.807, 2.05) is 51.1 Å². The third-order valence-electron chi connectivity index (χ3n) is 6.73. The molecular formula is C24H31NO4. The van der Waals surface area contributed by atoms with Crippen LogP contribution in [-0.4, -0.2) is 27.8 Å². The molecule has 1 aromatic carbocycles. The molecule has 1 unspecified atom stereocenters. The molecule has 1 aromatic heterocycles. The van der Waals surface area contributed by atoms with E-state index in [1.165, 1.54) is 0 Å². The van der Waals surface area contributed by atoms with E-state index in [0.717, 1.165) is 48.5 Å². The lowest BCUT2D eigenvalue weighted by molar-refractivity contribution is -0.132. The Balaban J connectivity index is 1.41. The molecule has 2 fully saturated rings. The zero-order valence-electron chi connectivity index (χ0n) is 17.6. The van der Waals surface area contributed by atoms with Gasteiger partial charge in [-0.2, -0.15) is 0 Å². The Hall–Kier alpha value is -2.14. The molecule has 2 aromatic rings. The van der Waals surface area contributed by atoms with Crippen LogP contribution in [0.15, 0.2) is 34.9 Å². The Morgan fingerprint density at radius 3 is 2.45 bits per heavy atom. The summed E-state index contributed by atoms with van der Waals surface area (Å²) < 4.78 is 10.8. The number of hydrogen-bond acceptors (Lipinski definition) is 5. The molecule has 2 aliphatic rings. The molecule has 0 bridgehead atoms. The first-order valence-electron chi connectivity index (χ1n) is 10.7. The number of aromatic nitrogens is 1. The number of ketones is 1. The summed E-state index contributed by atoms with van der Waals surface area (Å²) in [5.41, 5.74) is 0.814. The lowest BCUT2D eigenvalue weighted by Gasteiger charge is -2.41. The van der Waals surface area contributed by atoms with E-state index in [-0.39, 0.29) is 17.4 Å². The van der Waals surface area contributed by atoms with Crippen LogP contribution in [0.2, 0.25) is 0 Å². The summed E-state index contributed by atoms with van der Waals surface area (Å²) in [7, 11) is 0. The maximum Gasteiger partial charge on any atom is 0.146 e. The van der Waals surface area contributed by atoms with Gasteiger partial charge in [-0.05, 0) is 77.0 Å². The lowest BCUT2D eigenvalue weighted by Crippen LogP contribution is -2.43. The summed E-state index contributed by atoms with van der Waals surface area (Å²) in [6, 6.07) is 9.88. The molecule has 1 spiro atoms. The monoisotopic (exact) mass is 397 g/mol. The normalized spacial score (nSPS) is 29.7. The predicted molar refractivity (Wildman–Crippen MR) is 110 cm³/mol. The topological polar surface area (TPSA) is 72.6 Å². The molecule has 0 aliphatic heterocycles. The van der Waals surface area contributed by atoms with Gasteiger partial charge in [0, 0.05) is 23.8 Å². The van der Waals surface area contributed by atoms with Gasteiger partial charge in [0.2, 0.25) is 0 Å². The Bertz CT molecular complexity index is 859. The largest absolute Gasteiger partial charge is 0.491 e. The fourth-order valence-electron chi connectivity index (χ4n) is 5.12. The van der Waals surface area contributed by atoms with Crippen LogP contribution < -0.4 is 4.74 Å². The van der Waals surface area contributed by atoms with Gasteiger partial charge in [-0.15, -0.1) is 0 Å². The molecule has 29 heavy (non-hydrogen) atoms. The zero-order chi connectivity index (χ0) is 20.6. The highest BCUT2D eigenvalue weighted by Gasteiger charge is 2.52. The van der Waals surface area contributed by atoms with Crippen LogP contribution in [0.5, 0.6) is 5.75 Å². The number of benzene rings is 1. The van der Waals surface area contributed by atoms with Crippen LogP contribution in [-0.2, 0) is 11.2 Å². The van der Waals surface area contributed by atoms with Gasteiger partial charge >= 0.3 is 0 Å². The van der Waals surface area contributed by atoms with Crippen LogP contribution in [0.25, 0.3) is 0 Å². The van der Waals surface area contributed by atoms with E-state index in [0.29, 0.717) is 25.0 Å². The molecule has 0 saturated heterocycles. The molecule has 0 amide bonds. The van der Waals surface area contributed by atoms with Crippen molar-refractivity contribution in [2.45, 2.75) is 83.3 Å². The summed E-state index contributed by atoms with van der Waals surface area (Å²) in [6.07, 6.45) is 5.23. The zero-order valence-corrected chi connectivity index (χ0v) is 17.6. The number of hydrogen-bond donors (Lipinski definition) is 1. The highest BCUT2D eigenvalue weighted by Crippen LogP contribution is 2.53. The third-order valence-corrected chi connectivity index (χ3v) is 6.73. The number of nitrogens with zero attached hydrogens (tertiary/aromatic N) is 1. The van der Waals surface area contributed by atoms with Crippen molar-refractivity contribution in [1.82, 2.24) is 5.16 Å².